The summed E-state index contributed by atoms with van der Waals surface area (Å²) in [5, 5.41) is 3.30. The standard InChI is InChI=1S/C13H16ClN3O3/c1-16(2)12(18)15-7-11-8-17(13(19)20-11)10-5-3-9(14)4-6-10/h3-6,11H,7-8H2,1-2H3,(H,15,18). The molecule has 1 heterocycles. The van der Waals surface area contributed by atoms with Gasteiger partial charge in [-0.05, 0) is 24.3 Å². The van der Waals surface area contributed by atoms with Crippen molar-refractivity contribution in [2.75, 3.05) is 32.1 Å². The Morgan fingerprint density at radius 3 is 2.70 bits per heavy atom. The number of halogens is 1. The number of urea groups is 1. The van der Waals surface area contributed by atoms with E-state index in [1.807, 2.05) is 0 Å². The molecule has 3 amide bonds. The molecule has 1 aliphatic heterocycles. The molecule has 1 unspecified atom stereocenters. The summed E-state index contributed by atoms with van der Waals surface area (Å²) < 4.78 is 5.21. The maximum Gasteiger partial charge on any atom is 0.414 e. The lowest BCUT2D eigenvalue weighted by molar-refractivity contribution is 0.139. The number of ether oxygens (including phenoxy) is 1. The molecule has 0 radical (unpaired) electrons. The molecule has 20 heavy (non-hydrogen) atoms. The lowest BCUT2D eigenvalue weighted by Crippen LogP contribution is -2.40. The summed E-state index contributed by atoms with van der Waals surface area (Å²) in [6.07, 6.45) is -0.779. The Morgan fingerprint density at radius 1 is 1.45 bits per heavy atom. The van der Waals surface area contributed by atoms with Crippen molar-refractivity contribution in [3.63, 3.8) is 0 Å². The smallest absolute Gasteiger partial charge is 0.414 e. The highest BCUT2D eigenvalue weighted by Crippen LogP contribution is 2.23. The Morgan fingerprint density at radius 2 is 2.10 bits per heavy atom. The molecule has 0 aliphatic carbocycles. The van der Waals surface area contributed by atoms with E-state index in [2.05, 4.69) is 5.32 Å². The third-order valence-corrected chi connectivity index (χ3v) is 3.15. The van der Waals surface area contributed by atoms with Crippen molar-refractivity contribution in [2.45, 2.75) is 6.10 Å². The molecule has 1 N–H and O–H groups in total. The molecule has 1 fully saturated rings. The van der Waals surface area contributed by atoms with Crippen molar-refractivity contribution in [1.29, 1.82) is 0 Å². The Kier molecular flexibility index (Phi) is 4.34. The topological polar surface area (TPSA) is 61.9 Å². The van der Waals surface area contributed by atoms with Crippen LogP contribution in [-0.2, 0) is 4.74 Å². The zero-order valence-electron chi connectivity index (χ0n) is 11.3. The molecule has 1 saturated heterocycles. The van der Waals surface area contributed by atoms with Crippen molar-refractivity contribution in [3.05, 3.63) is 29.3 Å². The van der Waals surface area contributed by atoms with Crippen LogP contribution in [0.3, 0.4) is 0 Å². The van der Waals surface area contributed by atoms with Gasteiger partial charge in [0.1, 0.15) is 6.10 Å². The number of nitrogens with zero attached hydrogens (tertiary/aromatic N) is 2. The van der Waals surface area contributed by atoms with E-state index in [0.29, 0.717) is 11.6 Å². The second-order valence-electron chi connectivity index (χ2n) is 4.67. The van der Waals surface area contributed by atoms with Crippen LogP contribution < -0.4 is 10.2 Å². The summed E-state index contributed by atoms with van der Waals surface area (Å²) in [6, 6.07) is 6.72. The molecule has 108 valence electrons. The van der Waals surface area contributed by atoms with Gasteiger partial charge in [-0.1, -0.05) is 11.6 Å². The van der Waals surface area contributed by atoms with Crippen LogP contribution in [0.5, 0.6) is 0 Å². The number of cyclic esters (lactones) is 1. The molecule has 1 aromatic carbocycles. The van der Waals surface area contributed by atoms with Crippen LogP contribution in [0.15, 0.2) is 24.3 Å². The van der Waals surface area contributed by atoms with Crippen molar-refractivity contribution >= 4 is 29.4 Å². The van der Waals surface area contributed by atoms with E-state index in [9.17, 15) is 9.59 Å². The molecular weight excluding hydrogens is 282 g/mol. The van der Waals surface area contributed by atoms with Crippen LogP contribution >= 0.6 is 11.6 Å². The van der Waals surface area contributed by atoms with Crippen LogP contribution in [0.2, 0.25) is 5.02 Å². The van der Waals surface area contributed by atoms with E-state index in [0.717, 1.165) is 5.69 Å². The Labute approximate surface area is 122 Å². The molecule has 7 heteroatoms. The zero-order valence-corrected chi connectivity index (χ0v) is 12.1. The Hall–Kier alpha value is -1.95. The number of benzene rings is 1. The highest BCUT2D eigenvalue weighted by Gasteiger charge is 2.32. The predicted molar refractivity (Wildman–Crippen MR) is 76.2 cm³/mol. The van der Waals surface area contributed by atoms with Gasteiger partial charge in [-0.25, -0.2) is 9.59 Å². The van der Waals surface area contributed by atoms with Gasteiger partial charge in [-0.2, -0.15) is 0 Å². The Balaban J connectivity index is 1.94. The van der Waals surface area contributed by atoms with Crippen molar-refractivity contribution < 1.29 is 14.3 Å². The van der Waals surface area contributed by atoms with Crippen LogP contribution in [0, 0.1) is 0 Å². The summed E-state index contributed by atoms with van der Waals surface area (Å²) >= 11 is 5.81. The van der Waals surface area contributed by atoms with E-state index in [1.54, 1.807) is 38.4 Å². The normalized spacial score (nSPS) is 17.9. The molecule has 1 atom stereocenters. The molecular formula is C13H16ClN3O3. The number of amides is 3. The van der Waals surface area contributed by atoms with Gasteiger partial charge in [0, 0.05) is 24.8 Å². The van der Waals surface area contributed by atoms with Crippen molar-refractivity contribution in [3.8, 4) is 0 Å². The quantitative estimate of drug-likeness (QED) is 0.927. The summed E-state index contributed by atoms with van der Waals surface area (Å²) in [6.45, 7) is 0.682. The average Bonchev–Trinajstić information content (AvgIpc) is 2.78. The van der Waals surface area contributed by atoms with Gasteiger partial charge in [-0.15, -0.1) is 0 Å². The number of anilines is 1. The van der Waals surface area contributed by atoms with Crippen molar-refractivity contribution in [2.24, 2.45) is 0 Å². The van der Waals surface area contributed by atoms with Gasteiger partial charge in [0.15, 0.2) is 0 Å². The lowest BCUT2D eigenvalue weighted by atomic mass is 10.2. The minimum Gasteiger partial charge on any atom is -0.442 e. The first-order chi connectivity index (χ1) is 9.47. The number of carbonyl (C=O) groups excluding carboxylic acids is 2. The predicted octanol–water partition coefficient (Wildman–Crippen LogP) is 1.94. The number of hydrogen-bond donors (Lipinski definition) is 1. The fourth-order valence-corrected chi connectivity index (χ4v) is 1.94. The van der Waals surface area contributed by atoms with Gasteiger partial charge in [0.25, 0.3) is 0 Å². The monoisotopic (exact) mass is 297 g/mol. The third-order valence-electron chi connectivity index (χ3n) is 2.90. The molecule has 0 bridgehead atoms. The van der Waals surface area contributed by atoms with E-state index in [4.69, 9.17) is 16.3 Å². The molecule has 0 aromatic heterocycles. The van der Waals surface area contributed by atoms with Gasteiger partial charge in [0.2, 0.25) is 0 Å². The van der Waals surface area contributed by atoms with Gasteiger partial charge >= 0.3 is 12.1 Å². The number of carbonyl (C=O) groups is 2. The first-order valence-corrected chi connectivity index (χ1v) is 6.54. The average molecular weight is 298 g/mol. The second-order valence-corrected chi connectivity index (χ2v) is 5.11. The SMILES string of the molecule is CN(C)C(=O)NCC1CN(c2ccc(Cl)cc2)C(=O)O1. The summed E-state index contributed by atoms with van der Waals surface area (Å²) in [5.74, 6) is 0. The minimum absolute atomic E-state index is 0.217. The largest absolute Gasteiger partial charge is 0.442 e. The number of rotatable bonds is 3. The van der Waals surface area contributed by atoms with Gasteiger partial charge in [-0.3, -0.25) is 4.90 Å². The second kappa shape index (κ2) is 6.00. The highest BCUT2D eigenvalue weighted by molar-refractivity contribution is 6.30. The van der Waals surface area contributed by atoms with Crippen molar-refractivity contribution in [1.82, 2.24) is 10.2 Å². The number of hydrogen-bond acceptors (Lipinski definition) is 3. The van der Waals surface area contributed by atoms with E-state index >= 15 is 0 Å². The van der Waals surface area contributed by atoms with Crippen LogP contribution in [0.25, 0.3) is 0 Å². The number of nitrogens with one attached hydrogen (secondary N) is 1. The maximum atomic E-state index is 11.8. The van der Waals surface area contributed by atoms with Crippen LogP contribution in [0.1, 0.15) is 0 Å². The molecule has 0 saturated carbocycles. The summed E-state index contributed by atoms with van der Waals surface area (Å²) in [5.41, 5.74) is 0.723. The van der Waals surface area contributed by atoms with Gasteiger partial charge < -0.3 is 15.0 Å². The van der Waals surface area contributed by atoms with E-state index in [-0.39, 0.29) is 18.7 Å². The molecule has 6 nitrogen and oxygen atoms in total. The van der Waals surface area contributed by atoms with Crippen LogP contribution in [-0.4, -0.2) is 50.3 Å². The zero-order chi connectivity index (χ0) is 14.7. The van der Waals surface area contributed by atoms with Gasteiger partial charge in [0.05, 0.1) is 13.1 Å². The third kappa shape index (κ3) is 3.33. The molecule has 1 aliphatic rings. The summed E-state index contributed by atoms with van der Waals surface area (Å²) in [4.78, 5) is 26.2. The van der Waals surface area contributed by atoms with E-state index in [1.165, 1.54) is 9.80 Å². The molecule has 2 rings (SSSR count). The fraction of sp³-hybridized carbons (Fsp3) is 0.385. The minimum atomic E-state index is -0.420. The highest BCUT2D eigenvalue weighted by atomic mass is 35.5. The lowest BCUT2D eigenvalue weighted by Gasteiger charge is -2.15. The van der Waals surface area contributed by atoms with E-state index < -0.39 is 6.09 Å². The first kappa shape index (κ1) is 14.5. The summed E-state index contributed by atoms with van der Waals surface area (Å²) in [7, 11) is 3.30. The molecule has 0 spiro atoms. The fourth-order valence-electron chi connectivity index (χ4n) is 1.82. The first-order valence-electron chi connectivity index (χ1n) is 6.16. The van der Waals surface area contributed by atoms with Crippen LogP contribution in [0.4, 0.5) is 15.3 Å². The molecule has 1 aromatic rings. The Bertz CT molecular complexity index is 504. The maximum absolute atomic E-state index is 11.8.